The van der Waals surface area contributed by atoms with Gasteiger partial charge in [0.25, 0.3) is 0 Å². The van der Waals surface area contributed by atoms with Gasteiger partial charge in [-0.2, -0.15) is 0 Å². The van der Waals surface area contributed by atoms with E-state index in [1.165, 1.54) is 4.90 Å². The summed E-state index contributed by atoms with van der Waals surface area (Å²) in [7, 11) is 0. The Morgan fingerprint density at radius 1 is 0.867 bits per heavy atom. The number of rotatable bonds is 9. The maximum Gasteiger partial charge on any atom is 0.408 e. The average molecular weight is 612 g/mol. The van der Waals surface area contributed by atoms with Gasteiger partial charge in [-0.05, 0) is 55.9 Å². The third-order valence-electron chi connectivity index (χ3n) is 8.20. The highest BCUT2D eigenvalue weighted by Gasteiger charge is 2.48. The van der Waals surface area contributed by atoms with Crippen LogP contribution in [-0.2, 0) is 49.7 Å². The number of amides is 3. The number of hydrogen-bond donors (Lipinski definition) is 2. The van der Waals surface area contributed by atoms with Gasteiger partial charge in [0, 0.05) is 25.8 Å². The zero-order chi connectivity index (χ0) is 32.0. The Kier molecular flexibility index (Phi) is 9.56. The predicted molar refractivity (Wildman–Crippen MR) is 169 cm³/mol. The molecule has 0 bridgehead atoms. The highest BCUT2D eigenvalue weighted by molar-refractivity contribution is 5.96. The number of benzene rings is 3. The monoisotopic (exact) mass is 611 g/mol. The highest BCUT2D eigenvalue weighted by Crippen LogP contribution is 2.31. The van der Waals surface area contributed by atoms with E-state index in [0.717, 1.165) is 22.3 Å². The van der Waals surface area contributed by atoms with Crippen LogP contribution in [0.4, 0.5) is 4.79 Å². The molecule has 0 aromatic heterocycles. The molecule has 3 aromatic rings. The summed E-state index contributed by atoms with van der Waals surface area (Å²) in [6.45, 7) is 5.76. The second kappa shape index (κ2) is 13.5. The maximum absolute atomic E-state index is 14.3. The quantitative estimate of drug-likeness (QED) is 0.344. The van der Waals surface area contributed by atoms with Gasteiger partial charge in [0.05, 0.1) is 0 Å². The molecule has 0 spiro atoms. The number of carbonyl (C=O) groups is 4. The molecule has 0 unspecified atom stereocenters. The first-order valence-electron chi connectivity index (χ1n) is 15.5. The van der Waals surface area contributed by atoms with Crippen molar-refractivity contribution in [2.24, 2.45) is 0 Å². The van der Waals surface area contributed by atoms with Crippen molar-refractivity contribution in [1.29, 1.82) is 0 Å². The Bertz CT molecular complexity index is 1490. The number of nitrogens with one attached hydrogen (secondary N) is 2. The van der Waals surface area contributed by atoms with E-state index in [0.29, 0.717) is 19.4 Å². The van der Waals surface area contributed by atoms with Crippen LogP contribution in [-0.4, -0.2) is 58.5 Å². The molecule has 9 nitrogen and oxygen atoms in total. The number of esters is 1. The molecule has 1 saturated heterocycles. The van der Waals surface area contributed by atoms with Crippen molar-refractivity contribution in [3.63, 3.8) is 0 Å². The molecule has 2 aliphatic rings. The molecule has 0 saturated carbocycles. The summed E-state index contributed by atoms with van der Waals surface area (Å²) in [5, 5.41) is 5.85. The molecule has 1 aliphatic carbocycles. The Balaban J connectivity index is 1.38. The number of hydrogen-bond acceptors (Lipinski definition) is 6. The summed E-state index contributed by atoms with van der Waals surface area (Å²) in [5.74, 6) is -1.32. The fourth-order valence-corrected chi connectivity index (χ4v) is 6.07. The number of nitrogens with zero attached hydrogens (tertiary/aromatic N) is 1. The number of fused-ring (bicyclic) bond motifs is 1. The van der Waals surface area contributed by atoms with Gasteiger partial charge in [0.15, 0.2) is 0 Å². The topological polar surface area (TPSA) is 114 Å². The molecule has 3 aromatic carbocycles. The van der Waals surface area contributed by atoms with Crippen molar-refractivity contribution in [2.45, 2.75) is 82.7 Å². The van der Waals surface area contributed by atoms with Crippen LogP contribution in [0.5, 0.6) is 0 Å². The van der Waals surface area contributed by atoms with Gasteiger partial charge in [-0.1, -0.05) is 84.9 Å². The van der Waals surface area contributed by atoms with Crippen LogP contribution in [0.2, 0.25) is 0 Å². The SMILES string of the molecule is CC(C)(C)OC(=O)NC1(C(=O)N[C@@H](Cc2ccccc2)C(=O)N2CCC[C@@H]2C(=O)OCc2ccccc2)Cc2ccccc2C1. The molecule has 0 radical (unpaired) electrons. The molecule has 3 amide bonds. The van der Waals surface area contributed by atoms with Crippen LogP contribution in [0.1, 0.15) is 55.9 Å². The molecule has 9 heteroatoms. The summed E-state index contributed by atoms with van der Waals surface area (Å²) in [5.41, 5.74) is 1.46. The minimum Gasteiger partial charge on any atom is -0.459 e. The normalized spacial score (nSPS) is 17.6. The first kappa shape index (κ1) is 31.8. The van der Waals surface area contributed by atoms with Gasteiger partial charge >= 0.3 is 12.1 Å². The van der Waals surface area contributed by atoms with Gasteiger partial charge < -0.3 is 25.0 Å². The van der Waals surface area contributed by atoms with Crippen LogP contribution < -0.4 is 10.6 Å². The average Bonchev–Trinajstić information content (AvgIpc) is 3.65. The molecular formula is C36H41N3O6. The summed E-state index contributed by atoms with van der Waals surface area (Å²) in [6.07, 6.45) is 1.12. The molecule has 1 aliphatic heterocycles. The zero-order valence-corrected chi connectivity index (χ0v) is 26.1. The van der Waals surface area contributed by atoms with Gasteiger partial charge in [0.2, 0.25) is 11.8 Å². The third kappa shape index (κ3) is 7.90. The zero-order valence-electron chi connectivity index (χ0n) is 26.1. The van der Waals surface area contributed by atoms with Crippen LogP contribution in [0.25, 0.3) is 0 Å². The summed E-state index contributed by atoms with van der Waals surface area (Å²) >= 11 is 0. The fourth-order valence-electron chi connectivity index (χ4n) is 6.07. The fraction of sp³-hybridized carbons (Fsp3) is 0.389. The summed E-state index contributed by atoms with van der Waals surface area (Å²) in [6, 6.07) is 24.7. The Labute approximate surface area is 264 Å². The van der Waals surface area contributed by atoms with Crippen molar-refractivity contribution >= 4 is 23.9 Å². The molecule has 5 rings (SSSR count). The number of ether oxygens (including phenoxy) is 2. The number of carbonyl (C=O) groups excluding carboxylic acids is 4. The van der Waals surface area contributed by atoms with Crippen molar-refractivity contribution in [2.75, 3.05) is 6.54 Å². The lowest BCUT2D eigenvalue weighted by Gasteiger charge is -2.34. The predicted octanol–water partition coefficient (Wildman–Crippen LogP) is 4.51. The van der Waals surface area contributed by atoms with E-state index in [-0.39, 0.29) is 31.8 Å². The second-order valence-corrected chi connectivity index (χ2v) is 12.8. The minimum atomic E-state index is -1.36. The molecule has 236 valence electrons. The lowest BCUT2D eigenvalue weighted by Crippen LogP contribution is -2.64. The van der Waals surface area contributed by atoms with Crippen LogP contribution >= 0.6 is 0 Å². The number of alkyl carbamates (subject to hydrolysis) is 1. The van der Waals surface area contributed by atoms with Gasteiger partial charge in [0.1, 0.15) is 29.8 Å². The van der Waals surface area contributed by atoms with Gasteiger partial charge in [-0.25, -0.2) is 9.59 Å². The van der Waals surface area contributed by atoms with Crippen LogP contribution in [0.15, 0.2) is 84.9 Å². The lowest BCUT2D eigenvalue weighted by molar-refractivity contribution is -0.155. The van der Waals surface area contributed by atoms with Gasteiger partial charge in [-0.15, -0.1) is 0 Å². The standard InChI is InChI=1S/C36H41N3O6/c1-35(2,3)45-34(43)38-36(22-27-17-10-11-18-28(27)23-36)33(42)37-29(21-25-13-6-4-7-14-25)31(40)39-20-12-19-30(39)32(41)44-24-26-15-8-5-9-16-26/h4-11,13-18,29-30H,12,19-24H2,1-3H3,(H,37,42)(H,38,43)/t29-,30+/m0/s1. The molecule has 45 heavy (non-hydrogen) atoms. The first-order valence-corrected chi connectivity index (χ1v) is 15.5. The minimum absolute atomic E-state index is 0.113. The summed E-state index contributed by atoms with van der Waals surface area (Å²) in [4.78, 5) is 56.3. The second-order valence-electron chi connectivity index (χ2n) is 12.8. The van der Waals surface area contributed by atoms with E-state index in [4.69, 9.17) is 9.47 Å². The highest BCUT2D eigenvalue weighted by atomic mass is 16.6. The largest absolute Gasteiger partial charge is 0.459 e. The third-order valence-corrected chi connectivity index (χ3v) is 8.20. The Morgan fingerprint density at radius 2 is 1.44 bits per heavy atom. The molecule has 2 atom stereocenters. The molecule has 1 heterocycles. The van der Waals surface area contributed by atoms with Crippen molar-refractivity contribution < 1.29 is 28.7 Å². The van der Waals surface area contributed by atoms with Crippen molar-refractivity contribution in [3.8, 4) is 0 Å². The van der Waals surface area contributed by atoms with E-state index < -0.39 is 41.2 Å². The van der Waals surface area contributed by atoms with Crippen molar-refractivity contribution in [1.82, 2.24) is 15.5 Å². The van der Waals surface area contributed by atoms with E-state index in [1.54, 1.807) is 20.8 Å². The summed E-state index contributed by atoms with van der Waals surface area (Å²) < 4.78 is 11.1. The van der Waals surface area contributed by atoms with Crippen LogP contribution in [0.3, 0.4) is 0 Å². The van der Waals surface area contributed by atoms with E-state index >= 15 is 0 Å². The van der Waals surface area contributed by atoms with Gasteiger partial charge in [-0.3, -0.25) is 9.59 Å². The van der Waals surface area contributed by atoms with E-state index in [9.17, 15) is 19.2 Å². The van der Waals surface area contributed by atoms with E-state index in [2.05, 4.69) is 10.6 Å². The molecule has 1 fully saturated rings. The lowest BCUT2D eigenvalue weighted by atomic mass is 9.93. The molecular weight excluding hydrogens is 570 g/mol. The smallest absolute Gasteiger partial charge is 0.408 e. The maximum atomic E-state index is 14.3. The Morgan fingerprint density at radius 3 is 2.04 bits per heavy atom. The number of likely N-dealkylation sites (tertiary alicyclic amines) is 1. The van der Waals surface area contributed by atoms with Crippen LogP contribution in [0, 0.1) is 0 Å². The molecule has 2 N–H and O–H groups in total. The van der Waals surface area contributed by atoms with Crippen molar-refractivity contribution in [3.05, 3.63) is 107 Å². The Hall–Kier alpha value is -4.66. The first-order chi connectivity index (χ1) is 21.5. The van der Waals surface area contributed by atoms with E-state index in [1.807, 2.05) is 84.9 Å².